The molecule has 3 aromatic carbocycles. The molecule has 0 fully saturated rings. The van der Waals surface area contributed by atoms with Crippen molar-refractivity contribution in [3.8, 4) is 0 Å². The van der Waals surface area contributed by atoms with Crippen LogP contribution in [0.3, 0.4) is 0 Å². The number of hydrogen-bond acceptors (Lipinski definition) is 3. The molecule has 0 radical (unpaired) electrons. The number of nitrogens with zero attached hydrogens (tertiary/aromatic N) is 1. The molecule has 0 atom stereocenters. The third-order valence-electron chi connectivity index (χ3n) is 4.89. The molecule has 0 aliphatic carbocycles. The second-order valence-electron chi connectivity index (χ2n) is 6.84. The summed E-state index contributed by atoms with van der Waals surface area (Å²) in [5, 5.41) is 0.622. The summed E-state index contributed by atoms with van der Waals surface area (Å²) >= 11 is 7.27. The fourth-order valence-electron chi connectivity index (χ4n) is 3.18. The number of thioether (sulfide) groups is 1. The molecule has 2 amide bonds. The SMILES string of the molecule is Cc1ccc(N2C(=O)C(Sc3ccc(Cl)cc3)=C(c3ccccc3)C2=O)cc1C. The van der Waals surface area contributed by atoms with Crippen molar-refractivity contribution in [3.63, 3.8) is 0 Å². The minimum absolute atomic E-state index is 0.305. The molecule has 0 saturated carbocycles. The second-order valence-corrected chi connectivity index (χ2v) is 8.36. The quantitative estimate of drug-likeness (QED) is 0.484. The maximum Gasteiger partial charge on any atom is 0.272 e. The fraction of sp³-hybridized carbons (Fsp3) is 0.0833. The molecule has 144 valence electrons. The normalized spacial score (nSPS) is 14.1. The molecule has 0 unspecified atom stereocenters. The van der Waals surface area contributed by atoms with E-state index in [-0.39, 0.29) is 11.8 Å². The van der Waals surface area contributed by atoms with Crippen LogP contribution >= 0.6 is 23.4 Å². The van der Waals surface area contributed by atoms with Gasteiger partial charge in [0.15, 0.2) is 0 Å². The van der Waals surface area contributed by atoms with Crippen molar-refractivity contribution in [2.75, 3.05) is 4.90 Å². The topological polar surface area (TPSA) is 37.4 Å². The van der Waals surface area contributed by atoms with E-state index in [4.69, 9.17) is 11.6 Å². The Hall–Kier alpha value is -2.82. The number of imide groups is 1. The second kappa shape index (κ2) is 7.90. The Kier molecular flexibility index (Phi) is 5.31. The van der Waals surface area contributed by atoms with Crippen molar-refractivity contribution in [1.82, 2.24) is 0 Å². The molecule has 0 aromatic heterocycles. The average molecular weight is 420 g/mol. The van der Waals surface area contributed by atoms with E-state index in [0.29, 0.717) is 21.2 Å². The van der Waals surface area contributed by atoms with Gasteiger partial charge in [-0.3, -0.25) is 9.59 Å². The summed E-state index contributed by atoms with van der Waals surface area (Å²) in [4.78, 5) is 29.3. The van der Waals surface area contributed by atoms with Gasteiger partial charge in [0.25, 0.3) is 11.8 Å². The van der Waals surface area contributed by atoms with Crippen molar-refractivity contribution >= 4 is 46.4 Å². The fourth-order valence-corrected chi connectivity index (χ4v) is 4.30. The summed E-state index contributed by atoms with van der Waals surface area (Å²) in [6, 6.07) is 22.2. The Balaban J connectivity index is 1.81. The number of halogens is 1. The first kappa shape index (κ1) is 19.5. The van der Waals surface area contributed by atoms with Gasteiger partial charge < -0.3 is 0 Å². The third-order valence-corrected chi connectivity index (χ3v) is 6.23. The lowest BCUT2D eigenvalue weighted by Crippen LogP contribution is -2.31. The number of amides is 2. The van der Waals surface area contributed by atoms with Crippen molar-refractivity contribution in [2.24, 2.45) is 0 Å². The largest absolute Gasteiger partial charge is 0.272 e. The summed E-state index contributed by atoms with van der Waals surface area (Å²) < 4.78 is 0. The molecule has 0 N–H and O–H groups in total. The summed E-state index contributed by atoms with van der Waals surface area (Å²) in [5.74, 6) is -0.613. The summed E-state index contributed by atoms with van der Waals surface area (Å²) in [7, 11) is 0. The number of benzene rings is 3. The van der Waals surface area contributed by atoms with Gasteiger partial charge in [0, 0.05) is 9.92 Å². The Bertz CT molecular complexity index is 1140. The molecule has 0 spiro atoms. The highest BCUT2D eigenvalue weighted by Gasteiger charge is 2.40. The van der Waals surface area contributed by atoms with Crippen LogP contribution < -0.4 is 4.90 Å². The summed E-state index contributed by atoms with van der Waals surface area (Å²) in [5.41, 5.74) is 3.88. The first-order valence-corrected chi connectivity index (χ1v) is 10.3. The average Bonchev–Trinajstić information content (AvgIpc) is 2.96. The molecule has 0 saturated heterocycles. The van der Waals surface area contributed by atoms with Crippen molar-refractivity contribution < 1.29 is 9.59 Å². The predicted molar refractivity (Wildman–Crippen MR) is 119 cm³/mol. The van der Waals surface area contributed by atoms with E-state index in [1.807, 2.05) is 74.5 Å². The van der Waals surface area contributed by atoms with Gasteiger partial charge in [-0.1, -0.05) is 59.8 Å². The van der Waals surface area contributed by atoms with Crippen molar-refractivity contribution in [2.45, 2.75) is 18.7 Å². The van der Waals surface area contributed by atoms with Crippen LogP contribution in [0.25, 0.3) is 5.57 Å². The summed E-state index contributed by atoms with van der Waals surface area (Å²) in [6.07, 6.45) is 0. The van der Waals surface area contributed by atoms with E-state index in [1.165, 1.54) is 16.7 Å². The molecular formula is C24H18ClNO2S. The molecule has 5 heteroatoms. The Morgan fingerprint density at radius 2 is 1.48 bits per heavy atom. The van der Waals surface area contributed by atoms with Gasteiger partial charge in [-0.15, -0.1) is 0 Å². The predicted octanol–water partition coefficient (Wildman–Crippen LogP) is 6.03. The first-order valence-electron chi connectivity index (χ1n) is 9.15. The van der Waals surface area contributed by atoms with Gasteiger partial charge in [-0.05, 0) is 66.9 Å². The molecule has 0 bridgehead atoms. The van der Waals surface area contributed by atoms with Gasteiger partial charge in [-0.25, -0.2) is 4.90 Å². The molecule has 1 heterocycles. The van der Waals surface area contributed by atoms with Crippen LogP contribution in [0.2, 0.25) is 5.02 Å². The van der Waals surface area contributed by atoms with Crippen molar-refractivity contribution in [3.05, 3.63) is 99.4 Å². The smallest absolute Gasteiger partial charge is 0.268 e. The van der Waals surface area contributed by atoms with Gasteiger partial charge in [0.05, 0.1) is 16.2 Å². The van der Waals surface area contributed by atoms with E-state index < -0.39 is 0 Å². The maximum atomic E-state index is 13.4. The lowest BCUT2D eigenvalue weighted by molar-refractivity contribution is -0.119. The number of hydrogen-bond donors (Lipinski definition) is 0. The van der Waals surface area contributed by atoms with Crippen LogP contribution in [0.4, 0.5) is 5.69 Å². The van der Waals surface area contributed by atoms with Crippen LogP contribution in [0.1, 0.15) is 16.7 Å². The lowest BCUT2D eigenvalue weighted by Gasteiger charge is -2.16. The zero-order valence-electron chi connectivity index (χ0n) is 16.0. The minimum Gasteiger partial charge on any atom is -0.268 e. The Morgan fingerprint density at radius 1 is 0.793 bits per heavy atom. The molecule has 4 rings (SSSR count). The van der Waals surface area contributed by atoms with Crippen molar-refractivity contribution in [1.29, 1.82) is 0 Å². The zero-order valence-corrected chi connectivity index (χ0v) is 17.6. The molecule has 3 aromatic rings. The van der Waals surface area contributed by atoms with Crippen LogP contribution in [0, 0.1) is 13.8 Å². The number of aryl methyl sites for hydroxylation is 2. The molecular weight excluding hydrogens is 402 g/mol. The molecule has 3 nitrogen and oxygen atoms in total. The van der Waals surface area contributed by atoms with Crippen LogP contribution in [-0.2, 0) is 9.59 Å². The Labute approximate surface area is 179 Å². The number of rotatable bonds is 4. The minimum atomic E-state index is -0.308. The highest BCUT2D eigenvalue weighted by molar-refractivity contribution is 8.04. The van der Waals surface area contributed by atoms with Gasteiger partial charge in [0.2, 0.25) is 0 Å². The third kappa shape index (κ3) is 3.74. The monoisotopic (exact) mass is 419 g/mol. The van der Waals surface area contributed by atoms with Crippen LogP contribution in [0.15, 0.2) is 82.6 Å². The molecule has 1 aliphatic rings. The molecule has 29 heavy (non-hydrogen) atoms. The summed E-state index contributed by atoms with van der Waals surface area (Å²) in [6.45, 7) is 3.97. The van der Waals surface area contributed by atoms with Gasteiger partial charge in [-0.2, -0.15) is 0 Å². The van der Waals surface area contributed by atoms with Gasteiger partial charge >= 0.3 is 0 Å². The maximum absolute atomic E-state index is 13.4. The number of carbonyl (C=O) groups excluding carboxylic acids is 2. The highest BCUT2D eigenvalue weighted by atomic mass is 35.5. The number of anilines is 1. The first-order chi connectivity index (χ1) is 14.0. The van der Waals surface area contributed by atoms with Crippen LogP contribution in [-0.4, -0.2) is 11.8 Å². The Morgan fingerprint density at radius 3 is 2.14 bits per heavy atom. The van der Waals surface area contributed by atoms with Gasteiger partial charge in [0.1, 0.15) is 0 Å². The molecule has 1 aliphatic heterocycles. The zero-order chi connectivity index (χ0) is 20.5. The lowest BCUT2D eigenvalue weighted by atomic mass is 10.1. The van der Waals surface area contributed by atoms with E-state index in [2.05, 4.69) is 0 Å². The van der Waals surface area contributed by atoms with E-state index in [9.17, 15) is 9.59 Å². The van der Waals surface area contributed by atoms with Crippen LogP contribution in [0.5, 0.6) is 0 Å². The standard InChI is InChI=1S/C24H18ClNO2S/c1-15-8-11-19(14-16(15)2)26-23(27)21(17-6-4-3-5-7-17)22(24(26)28)29-20-12-9-18(25)10-13-20/h3-14H,1-2H3. The van der Waals surface area contributed by atoms with E-state index >= 15 is 0 Å². The van der Waals surface area contributed by atoms with E-state index in [1.54, 1.807) is 12.1 Å². The van der Waals surface area contributed by atoms with E-state index in [0.717, 1.165) is 21.6 Å². The highest BCUT2D eigenvalue weighted by Crippen LogP contribution is 2.41. The number of carbonyl (C=O) groups is 2.